The monoisotopic (exact) mass is 635 g/mol. The smallest absolute Gasteiger partial charge is 0.306 e. The van der Waals surface area contributed by atoms with E-state index in [0.717, 1.165) is 16.5 Å². The number of esters is 2. The highest BCUT2D eigenvalue weighted by molar-refractivity contribution is 5.90. The number of pyridine rings is 1. The molecule has 1 aromatic carbocycles. The molecule has 1 aromatic heterocycles. The average molecular weight is 636 g/mol. The number of hydrogen-bond acceptors (Lipinski definition) is 9. The van der Waals surface area contributed by atoms with E-state index in [0.29, 0.717) is 37.9 Å². The molecule has 3 N–H and O–H groups in total. The number of rotatable bonds is 2. The van der Waals surface area contributed by atoms with Crippen LogP contribution in [0.25, 0.3) is 17.0 Å². The molecular weight excluding hydrogens is 590 g/mol. The maximum atomic E-state index is 13.3. The lowest BCUT2D eigenvalue weighted by atomic mass is 10.1. The van der Waals surface area contributed by atoms with Crippen LogP contribution in [0.2, 0.25) is 0 Å². The minimum absolute atomic E-state index is 0.0507. The molecule has 0 radical (unpaired) electrons. The van der Waals surface area contributed by atoms with Crippen LogP contribution in [-0.4, -0.2) is 70.5 Å². The first-order valence-electron chi connectivity index (χ1n) is 16.0. The summed E-state index contributed by atoms with van der Waals surface area (Å²) in [5.41, 5.74) is 5.44. The second-order valence-corrected chi connectivity index (χ2v) is 12.4. The Balaban J connectivity index is 1.59. The van der Waals surface area contributed by atoms with Crippen molar-refractivity contribution in [2.45, 2.75) is 103 Å². The van der Waals surface area contributed by atoms with Crippen LogP contribution in [0.3, 0.4) is 0 Å². The maximum Gasteiger partial charge on any atom is 0.306 e. The van der Waals surface area contributed by atoms with Gasteiger partial charge in [0.25, 0.3) is 11.8 Å². The van der Waals surface area contributed by atoms with Crippen LogP contribution in [-0.2, 0) is 33.4 Å². The van der Waals surface area contributed by atoms with Crippen molar-refractivity contribution in [3.8, 4) is 0 Å². The molecule has 0 spiro atoms. The molecule has 5 bridgehead atoms. The number of amides is 3. The minimum atomic E-state index is -1.12. The van der Waals surface area contributed by atoms with Gasteiger partial charge in [-0.1, -0.05) is 44.2 Å². The fraction of sp³-hybridized carbons (Fsp3) is 0.529. The Bertz CT molecular complexity index is 1480. The predicted octanol–water partition coefficient (Wildman–Crippen LogP) is 3.50. The molecule has 4 rings (SSSR count). The molecule has 5 atom stereocenters. The van der Waals surface area contributed by atoms with Crippen molar-refractivity contribution in [3.63, 3.8) is 0 Å². The highest BCUT2D eigenvalue weighted by Gasteiger charge is 2.34. The lowest BCUT2D eigenvalue weighted by Gasteiger charge is -2.35. The third-order valence-corrected chi connectivity index (χ3v) is 8.13. The van der Waals surface area contributed by atoms with Gasteiger partial charge in [-0.2, -0.15) is 0 Å². The number of ether oxygens (including phenoxy) is 2. The summed E-state index contributed by atoms with van der Waals surface area (Å²) >= 11 is 0. The number of carbonyl (C=O) groups excluding carboxylic acids is 5. The van der Waals surface area contributed by atoms with Gasteiger partial charge in [-0.3, -0.25) is 34.0 Å². The van der Waals surface area contributed by atoms with E-state index in [1.807, 2.05) is 49.4 Å². The summed E-state index contributed by atoms with van der Waals surface area (Å²) in [5, 5.41) is 8.00. The quantitative estimate of drug-likeness (QED) is 0.421. The van der Waals surface area contributed by atoms with Crippen molar-refractivity contribution >= 4 is 46.6 Å². The molecule has 3 heterocycles. The van der Waals surface area contributed by atoms with E-state index in [2.05, 4.69) is 16.1 Å². The Morgan fingerprint density at radius 2 is 1.74 bits per heavy atom. The molecule has 1 saturated heterocycles. The number of nitrogens with one attached hydrogen (secondary N) is 3. The molecule has 0 saturated carbocycles. The van der Waals surface area contributed by atoms with Gasteiger partial charge in [0.2, 0.25) is 5.91 Å². The summed E-state index contributed by atoms with van der Waals surface area (Å²) < 4.78 is 11.0. The van der Waals surface area contributed by atoms with Gasteiger partial charge in [0.1, 0.15) is 18.2 Å². The SMILES string of the molecule is CC(=O)O[C@H]1CC/C=C/c2ccc3ccc(nc3c2)[C@@H](C)NC(=O)[C@@H]2CCCN(N2)C(=O)[C@H](C)NC(=O)[C@H](C(C)C)OC(=O)CC1. The number of carbonyl (C=O) groups is 5. The van der Waals surface area contributed by atoms with Gasteiger partial charge in [0.15, 0.2) is 6.10 Å². The predicted molar refractivity (Wildman–Crippen MR) is 172 cm³/mol. The van der Waals surface area contributed by atoms with Crippen LogP contribution in [0.4, 0.5) is 0 Å². The molecule has 12 nitrogen and oxygen atoms in total. The Morgan fingerprint density at radius 3 is 2.48 bits per heavy atom. The Kier molecular flexibility index (Phi) is 11.9. The molecule has 0 unspecified atom stereocenters. The number of aromatic nitrogens is 1. The van der Waals surface area contributed by atoms with Crippen LogP contribution in [0.1, 0.15) is 90.4 Å². The number of hydrazine groups is 1. The number of nitrogens with zero attached hydrogens (tertiary/aromatic N) is 2. The Hall–Kier alpha value is -4.32. The van der Waals surface area contributed by atoms with E-state index in [1.165, 1.54) is 11.9 Å². The van der Waals surface area contributed by atoms with E-state index in [-0.39, 0.29) is 30.7 Å². The van der Waals surface area contributed by atoms with Gasteiger partial charge in [-0.05, 0) is 69.6 Å². The van der Waals surface area contributed by atoms with Crippen LogP contribution in [0.15, 0.2) is 36.4 Å². The van der Waals surface area contributed by atoms with Crippen LogP contribution >= 0.6 is 0 Å². The summed E-state index contributed by atoms with van der Waals surface area (Å²) in [6.07, 6.45) is 4.72. The van der Waals surface area contributed by atoms with Crippen molar-refractivity contribution in [3.05, 3.63) is 47.7 Å². The van der Waals surface area contributed by atoms with Gasteiger partial charge in [-0.25, -0.2) is 5.43 Å². The molecule has 2 aliphatic heterocycles. The highest BCUT2D eigenvalue weighted by atomic mass is 16.6. The molecule has 3 amide bonds. The number of benzene rings is 1. The third-order valence-electron chi connectivity index (χ3n) is 8.13. The van der Waals surface area contributed by atoms with E-state index in [1.54, 1.807) is 20.8 Å². The van der Waals surface area contributed by atoms with Crippen LogP contribution in [0.5, 0.6) is 0 Å². The fourth-order valence-corrected chi connectivity index (χ4v) is 5.58. The molecule has 2 aliphatic rings. The van der Waals surface area contributed by atoms with Crippen molar-refractivity contribution in [2.75, 3.05) is 6.54 Å². The number of allylic oxidation sites excluding steroid dienone is 1. The maximum absolute atomic E-state index is 13.3. The molecule has 1 fully saturated rings. The van der Waals surface area contributed by atoms with Crippen molar-refractivity contribution in [1.29, 1.82) is 0 Å². The first-order valence-corrected chi connectivity index (χ1v) is 16.0. The lowest BCUT2D eigenvalue weighted by molar-refractivity contribution is -0.161. The zero-order chi connectivity index (χ0) is 33.4. The first kappa shape index (κ1) is 34.6. The van der Waals surface area contributed by atoms with E-state index in [4.69, 9.17) is 14.5 Å². The van der Waals surface area contributed by atoms with Gasteiger partial charge < -0.3 is 20.1 Å². The topological polar surface area (TPSA) is 156 Å². The zero-order valence-electron chi connectivity index (χ0n) is 27.2. The fourth-order valence-electron chi connectivity index (χ4n) is 5.58. The molecule has 2 aromatic rings. The molecule has 46 heavy (non-hydrogen) atoms. The van der Waals surface area contributed by atoms with E-state index >= 15 is 0 Å². The number of hydrogen-bond donors (Lipinski definition) is 3. The third kappa shape index (κ3) is 9.35. The standard InChI is InChI=1S/C34H45N5O7/c1-20(2)31-33(43)36-22(4)34(44)39-18-8-11-28(38-39)32(42)35-21(3)27-16-14-25-13-12-24(19-29(25)37-27)9-6-7-10-26(45-23(5)40)15-17-30(41)46-31/h6,9,12-14,16,19-22,26,28,31,38H,7-8,10-11,15,17-18H2,1-5H3,(H,35,42)(H,36,43)/b9-6+/t21-,22+,26+,28+,31+/m1/s1. The van der Waals surface area contributed by atoms with Crippen molar-refractivity contribution in [2.24, 2.45) is 5.92 Å². The van der Waals surface area contributed by atoms with Gasteiger partial charge in [0, 0.05) is 25.3 Å². The lowest BCUT2D eigenvalue weighted by Crippen LogP contribution is -2.61. The molecule has 248 valence electrons. The average Bonchev–Trinajstić information content (AvgIpc) is 3.02. The highest BCUT2D eigenvalue weighted by Crippen LogP contribution is 2.21. The number of fused-ring (bicyclic) bond motifs is 4. The van der Waals surface area contributed by atoms with Gasteiger partial charge in [0.05, 0.1) is 17.3 Å². The molecule has 12 heteroatoms. The van der Waals surface area contributed by atoms with Crippen molar-refractivity contribution in [1.82, 2.24) is 26.1 Å². The summed E-state index contributed by atoms with van der Waals surface area (Å²) in [5.74, 6) is -2.67. The summed E-state index contributed by atoms with van der Waals surface area (Å²) in [7, 11) is 0. The summed E-state index contributed by atoms with van der Waals surface area (Å²) in [4.78, 5) is 69.1. The van der Waals surface area contributed by atoms with Gasteiger partial charge in [-0.15, -0.1) is 0 Å². The molecular formula is C34H45N5O7. The number of cyclic esters (lactones) is 1. The van der Waals surface area contributed by atoms with E-state index < -0.39 is 48.0 Å². The first-order chi connectivity index (χ1) is 21.9. The van der Waals surface area contributed by atoms with Crippen molar-refractivity contribution < 1.29 is 33.4 Å². The Morgan fingerprint density at radius 1 is 1.00 bits per heavy atom. The zero-order valence-corrected chi connectivity index (χ0v) is 27.2. The summed E-state index contributed by atoms with van der Waals surface area (Å²) in [6.45, 7) is 8.60. The van der Waals surface area contributed by atoms with Crippen LogP contribution in [0, 0.1) is 5.92 Å². The van der Waals surface area contributed by atoms with E-state index in [9.17, 15) is 24.0 Å². The molecule has 0 aliphatic carbocycles. The van der Waals surface area contributed by atoms with Crippen LogP contribution < -0.4 is 16.1 Å². The normalized spacial score (nSPS) is 26.6. The summed E-state index contributed by atoms with van der Waals surface area (Å²) in [6, 6.07) is 7.83. The largest absolute Gasteiger partial charge is 0.463 e. The second kappa shape index (κ2) is 15.8. The van der Waals surface area contributed by atoms with Gasteiger partial charge >= 0.3 is 11.9 Å². The minimum Gasteiger partial charge on any atom is -0.463 e. The Labute approximate surface area is 269 Å². The second-order valence-electron chi connectivity index (χ2n) is 12.4.